The lowest BCUT2D eigenvalue weighted by Crippen LogP contribution is -2.14. The molecule has 0 aliphatic carbocycles. The molecule has 0 atom stereocenters. The van der Waals surface area contributed by atoms with E-state index in [0.29, 0.717) is 11.4 Å². The van der Waals surface area contributed by atoms with Gasteiger partial charge in [0.15, 0.2) is 0 Å². The summed E-state index contributed by atoms with van der Waals surface area (Å²) in [6.07, 6.45) is 0. The molecule has 2 aromatic carbocycles. The maximum Gasteiger partial charge on any atom is 0.258 e. The van der Waals surface area contributed by atoms with Gasteiger partial charge in [0.1, 0.15) is 5.82 Å². The predicted molar refractivity (Wildman–Crippen MR) is 69.9 cm³/mol. The molecule has 0 bridgehead atoms. The summed E-state index contributed by atoms with van der Waals surface area (Å²) in [6, 6.07) is 11.2. The summed E-state index contributed by atoms with van der Waals surface area (Å²) >= 11 is 0. The smallest absolute Gasteiger partial charge is 0.258 e. The zero-order valence-electron chi connectivity index (χ0n) is 9.91. The van der Waals surface area contributed by atoms with Gasteiger partial charge in [-0.1, -0.05) is 12.1 Å². The zero-order valence-corrected chi connectivity index (χ0v) is 9.91. The lowest BCUT2D eigenvalue weighted by Gasteiger charge is -2.07. The maximum absolute atomic E-state index is 13.5. The Kier molecular flexibility index (Phi) is 3.28. The first-order valence-electron chi connectivity index (χ1n) is 5.49. The van der Waals surface area contributed by atoms with Gasteiger partial charge in [0, 0.05) is 11.4 Å². The van der Waals surface area contributed by atoms with Gasteiger partial charge in [-0.15, -0.1) is 0 Å². The molecule has 0 saturated carbocycles. The summed E-state index contributed by atoms with van der Waals surface area (Å²) in [5.74, 6) is -1.10. The minimum atomic E-state index is -0.589. The highest BCUT2D eigenvalue weighted by Crippen LogP contribution is 2.15. The number of amides is 1. The van der Waals surface area contributed by atoms with Crippen molar-refractivity contribution in [1.82, 2.24) is 0 Å². The van der Waals surface area contributed by atoms with Crippen LogP contribution < -0.4 is 11.1 Å². The molecule has 0 heterocycles. The van der Waals surface area contributed by atoms with Crippen LogP contribution in [-0.4, -0.2) is 5.91 Å². The van der Waals surface area contributed by atoms with Crippen molar-refractivity contribution < 1.29 is 9.18 Å². The van der Waals surface area contributed by atoms with Crippen molar-refractivity contribution in [3.8, 4) is 0 Å². The van der Waals surface area contributed by atoms with E-state index in [4.69, 9.17) is 5.73 Å². The predicted octanol–water partition coefficient (Wildman–Crippen LogP) is 2.97. The van der Waals surface area contributed by atoms with E-state index in [1.54, 1.807) is 6.07 Å². The van der Waals surface area contributed by atoms with Crippen LogP contribution in [0.4, 0.5) is 15.8 Å². The van der Waals surface area contributed by atoms with Crippen LogP contribution in [0, 0.1) is 12.7 Å². The van der Waals surface area contributed by atoms with Gasteiger partial charge in [-0.25, -0.2) is 4.39 Å². The number of aryl methyl sites for hydroxylation is 1. The zero-order chi connectivity index (χ0) is 13.1. The van der Waals surface area contributed by atoms with Crippen molar-refractivity contribution in [2.24, 2.45) is 0 Å². The van der Waals surface area contributed by atoms with Crippen LogP contribution in [0.2, 0.25) is 0 Å². The van der Waals surface area contributed by atoms with E-state index in [1.807, 2.05) is 25.1 Å². The lowest BCUT2D eigenvalue weighted by molar-refractivity contribution is 0.102. The van der Waals surface area contributed by atoms with Gasteiger partial charge in [-0.2, -0.15) is 0 Å². The molecule has 0 fully saturated rings. The molecule has 0 aliphatic rings. The lowest BCUT2D eigenvalue weighted by atomic mass is 10.1. The number of carbonyl (C=O) groups is 1. The highest BCUT2D eigenvalue weighted by Gasteiger charge is 2.12. The van der Waals surface area contributed by atoms with Gasteiger partial charge in [-0.05, 0) is 42.8 Å². The summed E-state index contributed by atoms with van der Waals surface area (Å²) in [6.45, 7) is 1.91. The minimum absolute atomic E-state index is 0.0588. The molecule has 0 saturated heterocycles. The van der Waals surface area contributed by atoms with E-state index in [0.717, 1.165) is 5.56 Å². The fourth-order valence-corrected chi connectivity index (χ4v) is 1.64. The average Bonchev–Trinajstić information content (AvgIpc) is 2.32. The van der Waals surface area contributed by atoms with Gasteiger partial charge >= 0.3 is 0 Å². The minimum Gasteiger partial charge on any atom is -0.399 e. The molecule has 2 rings (SSSR count). The van der Waals surface area contributed by atoms with E-state index in [9.17, 15) is 9.18 Å². The Bertz CT molecular complexity index is 596. The summed E-state index contributed by atoms with van der Waals surface area (Å²) in [4.78, 5) is 11.9. The molecule has 1 amide bonds. The molecule has 0 unspecified atom stereocenters. The van der Waals surface area contributed by atoms with Crippen LogP contribution in [0.25, 0.3) is 0 Å². The van der Waals surface area contributed by atoms with Crippen LogP contribution in [-0.2, 0) is 0 Å². The third kappa shape index (κ3) is 2.66. The molecule has 0 aromatic heterocycles. The summed E-state index contributed by atoms with van der Waals surface area (Å²) in [5, 5.41) is 2.63. The Balaban J connectivity index is 2.24. The summed E-state index contributed by atoms with van der Waals surface area (Å²) < 4.78 is 13.5. The largest absolute Gasteiger partial charge is 0.399 e. The van der Waals surface area contributed by atoms with Crippen LogP contribution in [0.1, 0.15) is 15.9 Å². The summed E-state index contributed by atoms with van der Waals surface area (Å²) in [7, 11) is 0. The molecule has 18 heavy (non-hydrogen) atoms. The number of hydrogen-bond donors (Lipinski definition) is 2. The van der Waals surface area contributed by atoms with Gasteiger partial charge < -0.3 is 11.1 Å². The van der Waals surface area contributed by atoms with E-state index in [2.05, 4.69) is 5.32 Å². The van der Waals surface area contributed by atoms with Crippen LogP contribution in [0.5, 0.6) is 0 Å². The first-order chi connectivity index (χ1) is 8.56. The van der Waals surface area contributed by atoms with Gasteiger partial charge in [0.25, 0.3) is 5.91 Å². The monoisotopic (exact) mass is 244 g/mol. The van der Waals surface area contributed by atoms with E-state index in [1.165, 1.54) is 18.2 Å². The molecule has 0 spiro atoms. The number of anilines is 2. The Hall–Kier alpha value is -2.36. The van der Waals surface area contributed by atoms with Gasteiger partial charge in [-0.3, -0.25) is 4.79 Å². The van der Waals surface area contributed by atoms with Crippen molar-refractivity contribution in [3.63, 3.8) is 0 Å². The molecule has 0 radical (unpaired) electrons. The van der Waals surface area contributed by atoms with Gasteiger partial charge in [0.05, 0.1) is 5.56 Å². The Labute approximate surface area is 104 Å². The molecular formula is C14H13FN2O. The topological polar surface area (TPSA) is 55.1 Å². The SMILES string of the molecule is Cc1cccc(NC(=O)c2cc(N)ccc2F)c1. The molecule has 92 valence electrons. The maximum atomic E-state index is 13.5. The van der Waals surface area contributed by atoms with Crippen molar-refractivity contribution in [1.29, 1.82) is 0 Å². The van der Waals surface area contributed by atoms with E-state index >= 15 is 0 Å². The van der Waals surface area contributed by atoms with E-state index < -0.39 is 11.7 Å². The normalized spacial score (nSPS) is 10.1. The molecule has 3 nitrogen and oxygen atoms in total. The van der Waals surface area contributed by atoms with Crippen molar-refractivity contribution in [2.45, 2.75) is 6.92 Å². The number of benzene rings is 2. The molecule has 4 heteroatoms. The quantitative estimate of drug-likeness (QED) is 0.798. The number of hydrogen-bond acceptors (Lipinski definition) is 2. The molecule has 3 N–H and O–H groups in total. The number of halogens is 1. The Morgan fingerprint density at radius 2 is 2.00 bits per heavy atom. The molecule has 0 aliphatic heterocycles. The summed E-state index contributed by atoms with van der Waals surface area (Å²) in [5.41, 5.74) is 7.47. The van der Waals surface area contributed by atoms with E-state index in [-0.39, 0.29) is 5.56 Å². The Morgan fingerprint density at radius 3 is 2.72 bits per heavy atom. The van der Waals surface area contributed by atoms with Crippen LogP contribution in [0.3, 0.4) is 0 Å². The van der Waals surface area contributed by atoms with Crippen LogP contribution in [0.15, 0.2) is 42.5 Å². The van der Waals surface area contributed by atoms with Gasteiger partial charge in [0.2, 0.25) is 0 Å². The second-order valence-electron chi connectivity index (χ2n) is 4.06. The van der Waals surface area contributed by atoms with Crippen molar-refractivity contribution >= 4 is 17.3 Å². The fourth-order valence-electron chi connectivity index (χ4n) is 1.64. The number of nitrogens with two attached hydrogens (primary N) is 1. The first kappa shape index (κ1) is 12.1. The van der Waals surface area contributed by atoms with Crippen molar-refractivity contribution in [2.75, 3.05) is 11.1 Å². The number of carbonyl (C=O) groups excluding carboxylic acids is 1. The first-order valence-corrected chi connectivity index (χ1v) is 5.49. The van der Waals surface area contributed by atoms with Crippen LogP contribution >= 0.6 is 0 Å². The molecular weight excluding hydrogens is 231 g/mol. The fraction of sp³-hybridized carbons (Fsp3) is 0.0714. The standard InChI is InChI=1S/C14H13FN2O/c1-9-3-2-4-11(7-9)17-14(18)12-8-10(16)5-6-13(12)15/h2-8H,16H2,1H3,(H,17,18). The highest BCUT2D eigenvalue weighted by atomic mass is 19.1. The second kappa shape index (κ2) is 4.87. The third-order valence-electron chi connectivity index (χ3n) is 2.51. The molecule has 2 aromatic rings. The number of nitrogens with one attached hydrogen (secondary N) is 1. The number of nitrogen functional groups attached to an aromatic ring is 1. The van der Waals surface area contributed by atoms with Crippen molar-refractivity contribution in [3.05, 3.63) is 59.4 Å². The average molecular weight is 244 g/mol. The number of rotatable bonds is 2. The Morgan fingerprint density at radius 1 is 1.22 bits per heavy atom. The third-order valence-corrected chi connectivity index (χ3v) is 2.51. The highest BCUT2D eigenvalue weighted by molar-refractivity contribution is 6.05. The second-order valence-corrected chi connectivity index (χ2v) is 4.06.